The van der Waals surface area contributed by atoms with Crippen LogP contribution < -0.4 is 0 Å². The van der Waals surface area contributed by atoms with Crippen LogP contribution >= 0.6 is 0 Å². The first-order valence-corrected chi connectivity index (χ1v) is 6.19. The zero-order valence-corrected chi connectivity index (χ0v) is 10.3. The van der Waals surface area contributed by atoms with Gasteiger partial charge in [-0.05, 0) is 32.3 Å². The Bertz CT molecular complexity index is 299. The van der Waals surface area contributed by atoms with Crippen LogP contribution in [0.2, 0.25) is 0 Å². The van der Waals surface area contributed by atoms with Gasteiger partial charge in [-0.1, -0.05) is 5.57 Å². The largest absolute Gasteiger partial charge is 0.379 e. The number of hydrogen-bond donors (Lipinski definition) is 0. The molecule has 3 heteroatoms. The average molecular weight is 223 g/mol. The summed E-state index contributed by atoms with van der Waals surface area (Å²) in [6.07, 6.45) is 2.02. The third-order valence-electron chi connectivity index (χ3n) is 3.60. The molecule has 1 unspecified atom stereocenters. The number of carbonyl (C=O) groups is 1. The van der Waals surface area contributed by atoms with Crippen LogP contribution in [0.5, 0.6) is 0 Å². The molecular weight excluding hydrogens is 202 g/mol. The van der Waals surface area contributed by atoms with Gasteiger partial charge in [0, 0.05) is 25.6 Å². The number of allylic oxidation sites excluding steroid dienone is 2. The molecule has 1 heterocycles. The van der Waals surface area contributed by atoms with Gasteiger partial charge in [0.1, 0.15) is 0 Å². The Morgan fingerprint density at radius 3 is 2.62 bits per heavy atom. The Balaban J connectivity index is 1.92. The molecule has 1 atom stereocenters. The molecule has 1 aliphatic carbocycles. The number of rotatable bonds is 2. The molecule has 1 saturated heterocycles. The summed E-state index contributed by atoms with van der Waals surface area (Å²) in [5.74, 6) is 0.634. The summed E-state index contributed by atoms with van der Waals surface area (Å²) in [5, 5.41) is 0. The highest BCUT2D eigenvalue weighted by Gasteiger charge is 2.31. The summed E-state index contributed by atoms with van der Waals surface area (Å²) in [4.78, 5) is 14.5. The van der Waals surface area contributed by atoms with Crippen molar-refractivity contribution in [3.63, 3.8) is 0 Å². The Hall–Kier alpha value is -0.670. The summed E-state index contributed by atoms with van der Waals surface area (Å²) in [6.45, 7) is 8.61. The highest BCUT2D eigenvalue weighted by molar-refractivity contribution is 6.00. The van der Waals surface area contributed by atoms with Crippen LogP contribution in [-0.2, 0) is 9.53 Å². The van der Waals surface area contributed by atoms with Crippen molar-refractivity contribution < 1.29 is 9.53 Å². The van der Waals surface area contributed by atoms with Crippen molar-refractivity contribution in [2.75, 3.05) is 32.8 Å². The first-order chi connectivity index (χ1) is 7.68. The van der Waals surface area contributed by atoms with Crippen LogP contribution in [0.25, 0.3) is 0 Å². The molecule has 0 N–H and O–H groups in total. The minimum atomic E-state index is 0.239. The highest BCUT2D eigenvalue weighted by Crippen LogP contribution is 2.29. The molecule has 2 fully saturated rings. The molecule has 90 valence electrons. The van der Waals surface area contributed by atoms with Gasteiger partial charge in [0.2, 0.25) is 0 Å². The summed E-state index contributed by atoms with van der Waals surface area (Å²) in [6, 6.07) is 0. The fourth-order valence-corrected chi connectivity index (χ4v) is 2.59. The molecule has 0 aromatic rings. The number of ketones is 1. The quantitative estimate of drug-likeness (QED) is 0.666. The molecule has 2 rings (SSSR count). The van der Waals surface area contributed by atoms with Crippen LogP contribution in [0.1, 0.15) is 26.7 Å². The van der Waals surface area contributed by atoms with E-state index in [1.165, 1.54) is 5.57 Å². The number of hydrogen-bond acceptors (Lipinski definition) is 3. The van der Waals surface area contributed by atoms with Crippen molar-refractivity contribution in [1.82, 2.24) is 4.90 Å². The summed E-state index contributed by atoms with van der Waals surface area (Å²) >= 11 is 0. The zero-order valence-electron chi connectivity index (χ0n) is 10.3. The number of Topliss-reactive ketones (excluding diaryl/α,β-unsaturated/α-hetero) is 1. The lowest BCUT2D eigenvalue weighted by molar-refractivity contribution is -0.118. The van der Waals surface area contributed by atoms with Crippen LogP contribution in [0, 0.1) is 5.92 Å². The lowest BCUT2D eigenvalue weighted by Gasteiger charge is -2.28. The van der Waals surface area contributed by atoms with E-state index >= 15 is 0 Å². The van der Waals surface area contributed by atoms with E-state index in [9.17, 15) is 4.79 Å². The van der Waals surface area contributed by atoms with Gasteiger partial charge in [0.15, 0.2) is 5.78 Å². The van der Waals surface area contributed by atoms with Gasteiger partial charge in [-0.3, -0.25) is 9.69 Å². The van der Waals surface area contributed by atoms with Crippen LogP contribution in [0.4, 0.5) is 0 Å². The topological polar surface area (TPSA) is 29.5 Å². The first-order valence-electron chi connectivity index (χ1n) is 6.19. The van der Waals surface area contributed by atoms with Gasteiger partial charge in [0.05, 0.1) is 13.2 Å². The molecule has 0 aromatic heterocycles. The third kappa shape index (κ3) is 2.53. The normalized spacial score (nSPS) is 27.5. The van der Waals surface area contributed by atoms with E-state index in [0.717, 1.165) is 51.3 Å². The Morgan fingerprint density at radius 1 is 1.38 bits per heavy atom. The van der Waals surface area contributed by atoms with E-state index in [-0.39, 0.29) is 5.92 Å². The maximum Gasteiger partial charge on any atom is 0.163 e. The number of morpholine rings is 1. The second-order valence-electron chi connectivity index (χ2n) is 4.99. The fourth-order valence-electron chi connectivity index (χ4n) is 2.59. The maximum atomic E-state index is 12.1. The third-order valence-corrected chi connectivity index (χ3v) is 3.60. The molecule has 0 amide bonds. The lowest BCUT2D eigenvalue weighted by atomic mass is 10.0. The van der Waals surface area contributed by atoms with Crippen molar-refractivity contribution in [1.29, 1.82) is 0 Å². The van der Waals surface area contributed by atoms with Crippen LogP contribution in [0.3, 0.4) is 0 Å². The molecule has 0 spiro atoms. The van der Waals surface area contributed by atoms with Gasteiger partial charge in [0.25, 0.3) is 0 Å². The molecule has 0 aromatic carbocycles. The Kier molecular flexibility index (Phi) is 3.77. The van der Waals surface area contributed by atoms with Gasteiger partial charge in [-0.2, -0.15) is 0 Å². The van der Waals surface area contributed by atoms with Crippen molar-refractivity contribution in [2.24, 2.45) is 5.92 Å². The van der Waals surface area contributed by atoms with Crippen molar-refractivity contribution >= 4 is 5.78 Å². The SMILES string of the molecule is CC(C)=C1CCC(CN2CCOCC2)C1=O. The van der Waals surface area contributed by atoms with E-state index in [4.69, 9.17) is 4.74 Å². The summed E-state index contributed by atoms with van der Waals surface area (Å²) in [7, 11) is 0. The Morgan fingerprint density at radius 2 is 2.06 bits per heavy atom. The summed E-state index contributed by atoms with van der Waals surface area (Å²) < 4.78 is 5.31. The molecule has 1 saturated carbocycles. The second kappa shape index (κ2) is 5.11. The van der Waals surface area contributed by atoms with E-state index in [2.05, 4.69) is 4.90 Å². The van der Waals surface area contributed by atoms with Gasteiger partial charge < -0.3 is 4.74 Å². The van der Waals surface area contributed by atoms with Gasteiger partial charge >= 0.3 is 0 Å². The van der Waals surface area contributed by atoms with Crippen molar-refractivity contribution in [3.8, 4) is 0 Å². The maximum absolute atomic E-state index is 12.1. The number of ether oxygens (including phenoxy) is 1. The number of nitrogens with zero attached hydrogens (tertiary/aromatic N) is 1. The summed E-state index contributed by atoms with van der Waals surface area (Å²) in [5.41, 5.74) is 2.28. The smallest absolute Gasteiger partial charge is 0.163 e. The molecule has 1 aliphatic heterocycles. The average Bonchev–Trinajstić information content (AvgIpc) is 2.62. The van der Waals surface area contributed by atoms with Gasteiger partial charge in [-0.25, -0.2) is 0 Å². The van der Waals surface area contributed by atoms with E-state index in [0.29, 0.717) is 5.78 Å². The van der Waals surface area contributed by atoms with Gasteiger partial charge in [-0.15, -0.1) is 0 Å². The van der Waals surface area contributed by atoms with E-state index < -0.39 is 0 Å². The van der Waals surface area contributed by atoms with Crippen molar-refractivity contribution in [2.45, 2.75) is 26.7 Å². The molecule has 0 radical (unpaired) electrons. The van der Waals surface area contributed by atoms with E-state index in [1.54, 1.807) is 0 Å². The zero-order chi connectivity index (χ0) is 11.5. The standard InChI is InChI=1S/C13H21NO2/c1-10(2)12-4-3-11(13(12)15)9-14-5-7-16-8-6-14/h11H,3-9H2,1-2H3. The predicted octanol–water partition coefficient (Wildman–Crippen LogP) is 1.63. The molecular formula is C13H21NO2. The minimum absolute atomic E-state index is 0.239. The minimum Gasteiger partial charge on any atom is -0.379 e. The highest BCUT2D eigenvalue weighted by atomic mass is 16.5. The van der Waals surface area contributed by atoms with Crippen LogP contribution in [-0.4, -0.2) is 43.5 Å². The molecule has 16 heavy (non-hydrogen) atoms. The predicted molar refractivity (Wildman–Crippen MR) is 63.4 cm³/mol. The monoisotopic (exact) mass is 223 g/mol. The first kappa shape index (κ1) is 11.8. The fraction of sp³-hybridized carbons (Fsp3) is 0.769. The second-order valence-corrected chi connectivity index (χ2v) is 4.99. The molecule has 2 aliphatic rings. The van der Waals surface area contributed by atoms with Crippen LogP contribution in [0.15, 0.2) is 11.1 Å². The number of carbonyl (C=O) groups excluding carboxylic acids is 1. The molecule has 3 nitrogen and oxygen atoms in total. The molecule has 0 bridgehead atoms. The lowest BCUT2D eigenvalue weighted by Crippen LogP contribution is -2.40. The van der Waals surface area contributed by atoms with E-state index in [1.807, 2.05) is 13.8 Å². The van der Waals surface area contributed by atoms with Crippen molar-refractivity contribution in [3.05, 3.63) is 11.1 Å². The Labute approximate surface area is 97.5 Å².